The van der Waals surface area contributed by atoms with Crippen LogP contribution in [0.25, 0.3) is 0 Å². The zero-order valence-electron chi connectivity index (χ0n) is 17.1. The van der Waals surface area contributed by atoms with Gasteiger partial charge in [0.05, 0.1) is 19.2 Å². The molecule has 0 saturated carbocycles. The molecule has 2 aromatic rings. The van der Waals surface area contributed by atoms with Crippen LogP contribution >= 0.6 is 0 Å². The minimum Gasteiger partial charge on any atom is -0.497 e. The summed E-state index contributed by atoms with van der Waals surface area (Å²) in [5.74, 6) is -1.18. The molecule has 0 aromatic heterocycles. The number of methoxy groups -OCH3 is 1. The molecule has 2 aromatic carbocycles. The van der Waals surface area contributed by atoms with E-state index in [1.807, 2.05) is 0 Å². The Morgan fingerprint density at radius 2 is 1.81 bits per heavy atom. The number of rotatable bonds is 7. The highest BCUT2D eigenvalue weighted by atomic mass is 16.5. The Balaban J connectivity index is 1.47. The number of amides is 3. The number of nitrogens with zero attached hydrogens (tertiary/aromatic N) is 1. The number of imide groups is 1. The van der Waals surface area contributed by atoms with Crippen molar-refractivity contribution in [2.45, 2.75) is 19.4 Å². The molecule has 0 bridgehead atoms. The topological polar surface area (TPSA) is 111 Å². The molecule has 3 amide bonds. The number of ether oxygens (including phenoxy) is 3. The third-order valence-corrected chi connectivity index (χ3v) is 4.58. The van der Waals surface area contributed by atoms with Crippen LogP contribution in [-0.4, -0.2) is 50.1 Å². The van der Waals surface area contributed by atoms with Crippen molar-refractivity contribution >= 4 is 29.4 Å². The number of esters is 1. The monoisotopic (exact) mass is 426 g/mol. The van der Waals surface area contributed by atoms with Crippen LogP contribution in [0.15, 0.2) is 48.5 Å². The summed E-state index contributed by atoms with van der Waals surface area (Å²) in [5, 5.41) is 2.14. The van der Waals surface area contributed by atoms with Crippen LogP contribution in [0.5, 0.6) is 11.5 Å². The van der Waals surface area contributed by atoms with Gasteiger partial charge in [0.15, 0.2) is 12.7 Å². The van der Waals surface area contributed by atoms with E-state index < -0.39 is 30.5 Å². The zero-order valence-corrected chi connectivity index (χ0v) is 17.1. The molecule has 0 radical (unpaired) electrons. The Kier molecular flexibility index (Phi) is 6.86. The first-order valence-electron chi connectivity index (χ1n) is 9.60. The highest BCUT2D eigenvalue weighted by Gasteiger charge is 2.31. The molecule has 1 aliphatic rings. The molecule has 162 valence electrons. The predicted molar refractivity (Wildman–Crippen MR) is 110 cm³/mol. The molecule has 31 heavy (non-hydrogen) atoms. The lowest BCUT2D eigenvalue weighted by molar-refractivity contribution is -0.148. The standard InChI is InChI=1S/C22H22N2O7/c1-14-22(28)24(17-5-3-4-6-18(17)31-14)12-11-20(26)30-13-19(25)23-21(27)15-7-9-16(29-2)10-8-15/h3-10,14H,11-13H2,1-2H3,(H,23,25,27). The van der Waals surface area contributed by atoms with E-state index in [1.165, 1.54) is 24.1 Å². The molecule has 3 rings (SSSR count). The van der Waals surface area contributed by atoms with Gasteiger partial charge in [-0.1, -0.05) is 12.1 Å². The Bertz CT molecular complexity index is 988. The summed E-state index contributed by atoms with van der Waals surface area (Å²) in [6.45, 7) is 1.10. The van der Waals surface area contributed by atoms with E-state index >= 15 is 0 Å². The SMILES string of the molecule is COc1ccc(C(=O)NC(=O)COC(=O)CCN2C(=O)C(C)Oc3ccccc32)cc1. The number of nitrogens with one attached hydrogen (secondary N) is 1. The van der Waals surface area contributed by atoms with Crippen molar-refractivity contribution in [2.75, 3.05) is 25.2 Å². The summed E-state index contributed by atoms with van der Waals surface area (Å²) in [4.78, 5) is 49.9. The van der Waals surface area contributed by atoms with Crippen LogP contribution in [0.3, 0.4) is 0 Å². The van der Waals surface area contributed by atoms with Crippen LogP contribution in [0.4, 0.5) is 5.69 Å². The lowest BCUT2D eigenvalue weighted by Crippen LogP contribution is -2.45. The van der Waals surface area contributed by atoms with Gasteiger partial charge in [0.25, 0.3) is 17.7 Å². The summed E-state index contributed by atoms with van der Waals surface area (Å²) in [7, 11) is 1.50. The van der Waals surface area contributed by atoms with Crippen molar-refractivity contribution in [3.05, 3.63) is 54.1 Å². The van der Waals surface area contributed by atoms with E-state index in [-0.39, 0.29) is 24.4 Å². The lowest BCUT2D eigenvalue weighted by atomic mass is 10.2. The number of para-hydroxylation sites is 2. The van der Waals surface area contributed by atoms with Crippen molar-refractivity contribution in [1.29, 1.82) is 0 Å². The second kappa shape index (κ2) is 9.75. The largest absolute Gasteiger partial charge is 0.497 e. The fourth-order valence-corrected chi connectivity index (χ4v) is 2.99. The number of hydrogen-bond donors (Lipinski definition) is 1. The minimum absolute atomic E-state index is 0.0782. The highest BCUT2D eigenvalue weighted by molar-refractivity contribution is 6.05. The third-order valence-electron chi connectivity index (χ3n) is 4.58. The second-order valence-corrected chi connectivity index (χ2v) is 6.73. The van der Waals surface area contributed by atoms with E-state index in [2.05, 4.69) is 5.32 Å². The Morgan fingerprint density at radius 3 is 2.52 bits per heavy atom. The van der Waals surface area contributed by atoms with Crippen molar-refractivity contribution in [3.8, 4) is 11.5 Å². The normalized spacial score (nSPS) is 14.8. The average molecular weight is 426 g/mol. The molecule has 1 aliphatic heterocycles. The average Bonchev–Trinajstić information content (AvgIpc) is 2.78. The van der Waals surface area contributed by atoms with Gasteiger partial charge in [-0.3, -0.25) is 24.5 Å². The van der Waals surface area contributed by atoms with Gasteiger partial charge in [-0.2, -0.15) is 0 Å². The molecule has 0 spiro atoms. The summed E-state index contributed by atoms with van der Waals surface area (Å²) in [6, 6.07) is 13.2. The van der Waals surface area contributed by atoms with Gasteiger partial charge in [-0.25, -0.2) is 0 Å². The lowest BCUT2D eigenvalue weighted by Gasteiger charge is -2.32. The van der Waals surface area contributed by atoms with Crippen molar-refractivity contribution < 1.29 is 33.4 Å². The van der Waals surface area contributed by atoms with Crippen molar-refractivity contribution in [1.82, 2.24) is 5.32 Å². The molecular weight excluding hydrogens is 404 g/mol. The molecule has 9 heteroatoms. The molecule has 1 N–H and O–H groups in total. The number of carbonyl (C=O) groups is 4. The van der Waals surface area contributed by atoms with E-state index in [0.717, 1.165) is 0 Å². The highest BCUT2D eigenvalue weighted by Crippen LogP contribution is 2.33. The maximum Gasteiger partial charge on any atom is 0.308 e. The Labute approximate surface area is 178 Å². The van der Waals surface area contributed by atoms with Gasteiger partial charge < -0.3 is 19.1 Å². The number of benzene rings is 2. The quantitative estimate of drug-likeness (QED) is 0.671. The van der Waals surface area contributed by atoms with Gasteiger partial charge in [0.2, 0.25) is 0 Å². The van der Waals surface area contributed by atoms with E-state index in [1.54, 1.807) is 43.3 Å². The molecular formula is C22H22N2O7. The van der Waals surface area contributed by atoms with Crippen LogP contribution in [0.2, 0.25) is 0 Å². The Morgan fingerprint density at radius 1 is 1.10 bits per heavy atom. The summed E-state index contributed by atoms with van der Waals surface area (Å²) in [6.07, 6.45) is -0.785. The predicted octanol–water partition coefficient (Wildman–Crippen LogP) is 1.70. The number of carbonyl (C=O) groups excluding carboxylic acids is 4. The fraction of sp³-hybridized carbons (Fsp3) is 0.273. The van der Waals surface area contributed by atoms with Gasteiger partial charge in [0, 0.05) is 12.1 Å². The van der Waals surface area contributed by atoms with Gasteiger partial charge in [0.1, 0.15) is 11.5 Å². The first-order valence-corrected chi connectivity index (χ1v) is 9.60. The van der Waals surface area contributed by atoms with E-state index in [0.29, 0.717) is 17.2 Å². The second-order valence-electron chi connectivity index (χ2n) is 6.73. The summed E-state index contributed by atoms with van der Waals surface area (Å²) >= 11 is 0. The first kappa shape index (κ1) is 21.8. The van der Waals surface area contributed by atoms with Gasteiger partial charge in [-0.15, -0.1) is 0 Å². The number of anilines is 1. The van der Waals surface area contributed by atoms with Crippen molar-refractivity contribution in [2.24, 2.45) is 0 Å². The third kappa shape index (κ3) is 5.39. The van der Waals surface area contributed by atoms with Crippen LogP contribution in [0, 0.1) is 0 Å². The summed E-state index contributed by atoms with van der Waals surface area (Å²) in [5.41, 5.74) is 0.834. The maximum absolute atomic E-state index is 12.4. The minimum atomic E-state index is -0.754. The summed E-state index contributed by atoms with van der Waals surface area (Å²) < 4.78 is 15.5. The molecule has 0 fully saturated rings. The Hall–Kier alpha value is -3.88. The van der Waals surface area contributed by atoms with Crippen LogP contribution in [-0.2, 0) is 19.1 Å². The molecule has 9 nitrogen and oxygen atoms in total. The van der Waals surface area contributed by atoms with Crippen LogP contribution < -0.4 is 19.7 Å². The molecule has 1 atom stereocenters. The smallest absolute Gasteiger partial charge is 0.308 e. The molecule has 0 saturated heterocycles. The maximum atomic E-state index is 12.4. The molecule has 1 heterocycles. The van der Waals surface area contributed by atoms with E-state index in [4.69, 9.17) is 14.2 Å². The zero-order chi connectivity index (χ0) is 22.4. The fourth-order valence-electron chi connectivity index (χ4n) is 2.99. The van der Waals surface area contributed by atoms with E-state index in [9.17, 15) is 19.2 Å². The van der Waals surface area contributed by atoms with Crippen LogP contribution in [0.1, 0.15) is 23.7 Å². The first-order chi connectivity index (χ1) is 14.9. The van der Waals surface area contributed by atoms with Gasteiger partial charge >= 0.3 is 5.97 Å². The number of hydrogen-bond acceptors (Lipinski definition) is 7. The van der Waals surface area contributed by atoms with Crippen molar-refractivity contribution in [3.63, 3.8) is 0 Å². The number of fused-ring (bicyclic) bond motifs is 1. The molecule has 1 unspecified atom stereocenters. The molecule has 0 aliphatic carbocycles. The van der Waals surface area contributed by atoms with Gasteiger partial charge in [-0.05, 0) is 43.3 Å².